The van der Waals surface area contributed by atoms with E-state index in [2.05, 4.69) is 6.07 Å². The lowest BCUT2D eigenvalue weighted by Gasteiger charge is -2.00. The molecule has 0 heterocycles. The molecule has 0 bridgehead atoms. The van der Waals surface area contributed by atoms with Crippen LogP contribution in [0.25, 0.3) is 0 Å². The lowest BCUT2D eigenvalue weighted by molar-refractivity contribution is 0.235. The quantitative estimate of drug-likeness (QED) is 0.679. The third-order valence-corrected chi connectivity index (χ3v) is 1.76. The molecule has 2 nitrogen and oxygen atoms in total. The fraction of sp³-hybridized carbons (Fsp3) is 0.250. The molecule has 0 aliphatic heterocycles. The molecule has 0 radical (unpaired) electrons. The number of hydrogen-bond acceptors (Lipinski definition) is 2. The second kappa shape index (κ2) is 5.82. The fourth-order valence-corrected chi connectivity index (χ4v) is 0.935. The van der Waals surface area contributed by atoms with Crippen LogP contribution in [0.3, 0.4) is 0 Å². The molecule has 0 saturated heterocycles. The Labute approximate surface area is 84.4 Å². The van der Waals surface area contributed by atoms with E-state index in [0.717, 1.165) is 5.56 Å². The monoisotopic (exact) mass is 187 g/mol. The summed E-state index contributed by atoms with van der Waals surface area (Å²) in [5, 5.41) is 8.49. The van der Waals surface area contributed by atoms with Crippen LogP contribution in [0.2, 0.25) is 0 Å². The van der Waals surface area contributed by atoms with Gasteiger partial charge in [-0.3, -0.25) is 0 Å². The third kappa shape index (κ3) is 3.77. The molecule has 0 aromatic heterocycles. The number of ether oxygens (including phenoxy) is 1. The molecule has 1 unspecified atom stereocenters. The van der Waals surface area contributed by atoms with Crippen molar-refractivity contribution in [2.75, 3.05) is 0 Å². The second-order valence-corrected chi connectivity index (χ2v) is 3.04. The maximum atomic E-state index is 8.49. The van der Waals surface area contributed by atoms with Crippen molar-refractivity contribution in [2.24, 2.45) is 5.92 Å². The van der Waals surface area contributed by atoms with Crippen LogP contribution in [0.4, 0.5) is 0 Å². The summed E-state index contributed by atoms with van der Waals surface area (Å²) in [4.78, 5) is 0. The summed E-state index contributed by atoms with van der Waals surface area (Å²) >= 11 is 0. The minimum atomic E-state index is -0.0919. The van der Waals surface area contributed by atoms with Crippen molar-refractivity contribution in [1.29, 1.82) is 5.26 Å². The number of rotatable bonds is 4. The lowest BCUT2D eigenvalue weighted by Crippen LogP contribution is -1.87. The van der Waals surface area contributed by atoms with Gasteiger partial charge in [-0.1, -0.05) is 30.3 Å². The zero-order chi connectivity index (χ0) is 10.2. The largest absolute Gasteiger partial charge is 0.497 e. The summed E-state index contributed by atoms with van der Waals surface area (Å²) in [6, 6.07) is 12.0. The van der Waals surface area contributed by atoms with Crippen molar-refractivity contribution < 1.29 is 4.74 Å². The molecule has 0 saturated carbocycles. The van der Waals surface area contributed by atoms with Crippen LogP contribution in [0.1, 0.15) is 12.5 Å². The van der Waals surface area contributed by atoms with Gasteiger partial charge in [0.15, 0.2) is 0 Å². The van der Waals surface area contributed by atoms with Crippen molar-refractivity contribution >= 4 is 0 Å². The predicted molar refractivity (Wildman–Crippen MR) is 55.1 cm³/mol. The van der Waals surface area contributed by atoms with Crippen LogP contribution < -0.4 is 0 Å². The van der Waals surface area contributed by atoms with E-state index in [1.807, 2.05) is 37.3 Å². The Hall–Kier alpha value is -1.75. The van der Waals surface area contributed by atoms with Gasteiger partial charge in [-0.25, -0.2) is 0 Å². The Kier molecular flexibility index (Phi) is 4.30. The van der Waals surface area contributed by atoms with Crippen molar-refractivity contribution in [3.63, 3.8) is 0 Å². The van der Waals surface area contributed by atoms with Gasteiger partial charge in [-0.05, 0) is 18.6 Å². The highest BCUT2D eigenvalue weighted by Gasteiger charge is 1.91. The van der Waals surface area contributed by atoms with E-state index in [4.69, 9.17) is 10.00 Å². The summed E-state index contributed by atoms with van der Waals surface area (Å²) < 4.78 is 5.26. The van der Waals surface area contributed by atoms with Crippen molar-refractivity contribution in [3.05, 3.63) is 48.2 Å². The maximum absolute atomic E-state index is 8.49. The predicted octanol–water partition coefficient (Wildman–Crippen LogP) is 2.88. The average Bonchev–Trinajstić information content (AvgIpc) is 2.25. The Balaban J connectivity index is 2.30. The van der Waals surface area contributed by atoms with E-state index < -0.39 is 0 Å². The highest BCUT2D eigenvalue weighted by atomic mass is 16.5. The molecule has 2 heteroatoms. The van der Waals surface area contributed by atoms with Gasteiger partial charge in [0, 0.05) is 0 Å². The molecule has 0 amide bonds. The van der Waals surface area contributed by atoms with Gasteiger partial charge < -0.3 is 4.74 Å². The summed E-state index contributed by atoms with van der Waals surface area (Å²) in [6.07, 6.45) is 3.32. The van der Waals surface area contributed by atoms with Gasteiger partial charge in [0.05, 0.1) is 18.2 Å². The minimum Gasteiger partial charge on any atom is -0.497 e. The first kappa shape index (κ1) is 10.3. The fourth-order valence-electron chi connectivity index (χ4n) is 0.935. The van der Waals surface area contributed by atoms with Gasteiger partial charge >= 0.3 is 0 Å². The highest BCUT2D eigenvalue weighted by Crippen LogP contribution is 2.01. The SMILES string of the molecule is CC(C#N)/C=C\OCc1ccccc1. The van der Waals surface area contributed by atoms with E-state index in [9.17, 15) is 0 Å². The molecule has 0 spiro atoms. The summed E-state index contributed by atoms with van der Waals surface area (Å²) in [5.74, 6) is -0.0919. The number of benzene rings is 1. The van der Waals surface area contributed by atoms with Crippen LogP contribution in [0, 0.1) is 17.2 Å². The van der Waals surface area contributed by atoms with Crippen LogP contribution in [0.5, 0.6) is 0 Å². The molecule has 14 heavy (non-hydrogen) atoms. The highest BCUT2D eigenvalue weighted by molar-refractivity contribution is 5.13. The van der Waals surface area contributed by atoms with Gasteiger partial charge in [-0.15, -0.1) is 0 Å². The Morgan fingerprint density at radius 3 is 2.79 bits per heavy atom. The number of hydrogen-bond donors (Lipinski definition) is 0. The molecule has 0 aliphatic carbocycles. The average molecular weight is 187 g/mol. The molecular weight excluding hydrogens is 174 g/mol. The zero-order valence-corrected chi connectivity index (χ0v) is 8.18. The topological polar surface area (TPSA) is 33.0 Å². The zero-order valence-electron chi connectivity index (χ0n) is 8.18. The first-order valence-electron chi connectivity index (χ1n) is 4.54. The van der Waals surface area contributed by atoms with Crippen LogP contribution in [0.15, 0.2) is 42.7 Å². The smallest absolute Gasteiger partial charge is 0.112 e. The van der Waals surface area contributed by atoms with Crippen molar-refractivity contribution in [2.45, 2.75) is 13.5 Å². The number of allylic oxidation sites excluding steroid dienone is 1. The van der Waals surface area contributed by atoms with Crippen molar-refractivity contribution in [1.82, 2.24) is 0 Å². The number of nitrogens with zero attached hydrogens (tertiary/aromatic N) is 1. The van der Waals surface area contributed by atoms with Crippen molar-refractivity contribution in [3.8, 4) is 6.07 Å². The number of nitriles is 1. The maximum Gasteiger partial charge on any atom is 0.112 e. The third-order valence-electron chi connectivity index (χ3n) is 1.76. The molecule has 1 rings (SSSR count). The van der Waals surface area contributed by atoms with Gasteiger partial charge in [0.1, 0.15) is 6.61 Å². The normalized spacial score (nSPS) is 12.3. The summed E-state index contributed by atoms with van der Waals surface area (Å²) in [6.45, 7) is 2.37. The van der Waals surface area contributed by atoms with E-state index in [-0.39, 0.29) is 5.92 Å². The lowest BCUT2D eigenvalue weighted by atomic mass is 10.2. The summed E-state index contributed by atoms with van der Waals surface area (Å²) in [5.41, 5.74) is 1.13. The first-order chi connectivity index (χ1) is 6.83. The van der Waals surface area contributed by atoms with Crippen LogP contribution in [-0.2, 0) is 11.3 Å². The molecule has 1 aromatic carbocycles. The van der Waals surface area contributed by atoms with E-state index in [1.165, 1.54) is 0 Å². The van der Waals surface area contributed by atoms with Gasteiger partial charge in [0.2, 0.25) is 0 Å². The Morgan fingerprint density at radius 2 is 2.14 bits per heavy atom. The van der Waals surface area contributed by atoms with E-state index in [1.54, 1.807) is 12.3 Å². The van der Waals surface area contributed by atoms with Crippen LogP contribution >= 0.6 is 0 Å². The minimum absolute atomic E-state index is 0.0919. The standard InChI is InChI=1S/C12H13NO/c1-11(9-13)7-8-14-10-12-5-3-2-4-6-12/h2-8,11H,10H2,1H3/b8-7-. The molecule has 0 fully saturated rings. The molecule has 0 N–H and O–H groups in total. The molecular formula is C12H13NO. The van der Waals surface area contributed by atoms with Crippen LogP contribution in [-0.4, -0.2) is 0 Å². The van der Waals surface area contributed by atoms with E-state index >= 15 is 0 Å². The summed E-state index contributed by atoms with van der Waals surface area (Å²) in [7, 11) is 0. The first-order valence-corrected chi connectivity index (χ1v) is 4.54. The molecule has 1 atom stereocenters. The Bertz CT molecular complexity index is 324. The molecule has 72 valence electrons. The second-order valence-electron chi connectivity index (χ2n) is 3.04. The Morgan fingerprint density at radius 1 is 1.43 bits per heavy atom. The molecule has 1 aromatic rings. The molecule has 0 aliphatic rings. The van der Waals surface area contributed by atoms with E-state index in [0.29, 0.717) is 6.61 Å². The van der Waals surface area contributed by atoms with Gasteiger partial charge in [-0.2, -0.15) is 5.26 Å². The van der Waals surface area contributed by atoms with Gasteiger partial charge in [0.25, 0.3) is 0 Å².